The number of nitrogens with one attached hydrogen (secondary N) is 1. The maximum absolute atomic E-state index is 3.26. The lowest BCUT2D eigenvalue weighted by atomic mass is 9.90. The van der Waals surface area contributed by atoms with E-state index in [1.807, 2.05) is 7.05 Å². The number of benzene rings is 1. The van der Waals surface area contributed by atoms with Crippen molar-refractivity contribution in [2.45, 2.75) is 25.3 Å². The number of nitrogens with zero attached hydrogens (tertiary/aromatic N) is 1. The standard InChI is InChI=1S/C18H24N2/c1-19-13-6-14-20-17-9-4-2-7-15(17)11-12-16-8-3-5-10-18(16)20/h2-5,7-10,15,17,19H,6,11-14H2,1H3. The summed E-state index contributed by atoms with van der Waals surface area (Å²) in [5.74, 6) is 0.655. The summed E-state index contributed by atoms with van der Waals surface area (Å²) in [4.78, 5) is 2.62. The highest BCUT2D eigenvalue weighted by atomic mass is 15.2. The van der Waals surface area contributed by atoms with Gasteiger partial charge in [0, 0.05) is 18.2 Å². The molecule has 3 rings (SSSR count). The molecule has 1 aliphatic carbocycles. The van der Waals surface area contributed by atoms with Crippen LogP contribution in [0.4, 0.5) is 5.69 Å². The van der Waals surface area contributed by atoms with Crippen molar-refractivity contribution in [3.05, 3.63) is 54.1 Å². The van der Waals surface area contributed by atoms with E-state index < -0.39 is 0 Å². The Labute approximate surface area is 122 Å². The molecular weight excluding hydrogens is 244 g/mol. The lowest BCUT2D eigenvalue weighted by Crippen LogP contribution is -2.40. The van der Waals surface area contributed by atoms with Crippen LogP contribution in [0.2, 0.25) is 0 Å². The van der Waals surface area contributed by atoms with Crippen molar-refractivity contribution < 1.29 is 0 Å². The summed E-state index contributed by atoms with van der Waals surface area (Å²) in [6, 6.07) is 9.47. The molecule has 0 amide bonds. The maximum atomic E-state index is 3.26. The van der Waals surface area contributed by atoms with Gasteiger partial charge in [0.15, 0.2) is 0 Å². The van der Waals surface area contributed by atoms with Crippen molar-refractivity contribution >= 4 is 5.69 Å². The van der Waals surface area contributed by atoms with Gasteiger partial charge in [-0.2, -0.15) is 0 Å². The number of hydrogen-bond acceptors (Lipinski definition) is 2. The average Bonchev–Trinajstić information content (AvgIpc) is 2.66. The fourth-order valence-corrected chi connectivity index (χ4v) is 3.42. The summed E-state index contributed by atoms with van der Waals surface area (Å²) >= 11 is 0. The van der Waals surface area contributed by atoms with Crippen LogP contribution >= 0.6 is 0 Å². The van der Waals surface area contributed by atoms with Crippen molar-refractivity contribution in [2.75, 3.05) is 25.0 Å². The summed E-state index contributed by atoms with van der Waals surface area (Å²) in [5.41, 5.74) is 2.95. The molecule has 2 atom stereocenters. The first-order valence-electron chi connectivity index (χ1n) is 7.74. The Morgan fingerprint density at radius 3 is 2.95 bits per heavy atom. The monoisotopic (exact) mass is 268 g/mol. The Hall–Kier alpha value is -1.54. The minimum atomic E-state index is 0.528. The molecule has 0 saturated heterocycles. The Kier molecular flexibility index (Phi) is 4.22. The van der Waals surface area contributed by atoms with Crippen LogP contribution in [0.25, 0.3) is 0 Å². The highest BCUT2D eigenvalue weighted by molar-refractivity contribution is 5.57. The van der Waals surface area contributed by atoms with E-state index in [0.717, 1.165) is 13.1 Å². The van der Waals surface area contributed by atoms with Gasteiger partial charge in [-0.15, -0.1) is 0 Å². The minimum absolute atomic E-state index is 0.528. The molecule has 1 aromatic rings. The molecule has 0 aromatic heterocycles. The Morgan fingerprint density at radius 1 is 1.20 bits per heavy atom. The van der Waals surface area contributed by atoms with Gasteiger partial charge >= 0.3 is 0 Å². The molecule has 106 valence electrons. The Bertz CT molecular complexity index is 504. The number of hydrogen-bond donors (Lipinski definition) is 1. The molecule has 0 fully saturated rings. The van der Waals surface area contributed by atoms with E-state index in [4.69, 9.17) is 0 Å². The summed E-state index contributed by atoms with van der Waals surface area (Å²) in [5, 5.41) is 3.26. The molecule has 0 saturated carbocycles. The summed E-state index contributed by atoms with van der Waals surface area (Å²) in [6.07, 6.45) is 12.8. The van der Waals surface area contributed by atoms with Crippen LogP contribution in [-0.2, 0) is 6.42 Å². The van der Waals surface area contributed by atoms with Crippen molar-refractivity contribution in [3.63, 3.8) is 0 Å². The van der Waals surface area contributed by atoms with E-state index in [0.29, 0.717) is 12.0 Å². The topological polar surface area (TPSA) is 15.3 Å². The predicted octanol–water partition coefficient (Wildman–Crippen LogP) is 3.16. The van der Waals surface area contributed by atoms with Gasteiger partial charge in [0.25, 0.3) is 0 Å². The Balaban J connectivity index is 1.90. The van der Waals surface area contributed by atoms with Gasteiger partial charge in [-0.05, 0) is 44.5 Å². The second-order valence-electron chi connectivity index (χ2n) is 5.74. The van der Waals surface area contributed by atoms with Crippen LogP contribution in [0.3, 0.4) is 0 Å². The van der Waals surface area contributed by atoms with Crippen LogP contribution in [0.15, 0.2) is 48.6 Å². The van der Waals surface area contributed by atoms with E-state index in [-0.39, 0.29) is 0 Å². The van der Waals surface area contributed by atoms with Gasteiger partial charge < -0.3 is 10.2 Å². The van der Waals surface area contributed by atoms with Gasteiger partial charge in [-0.3, -0.25) is 0 Å². The zero-order valence-electron chi connectivity index (χ0n) is 12.3. The maximum Gasteiger partial charge on any atom is 0.0539 e. The Morgan fingerprint density at radius 2 is 2.05 bits per heavy atom. The second kappa shape index (κ2) is 6.27. The van der Waals surface area contributed by atoms with Crippen molar-refractivity contribution in [3.8, 4) is 0 Å². The first-order valence-corrected chi connectivity index (χ1v) is 7.74. The van der Waals surface area contributed by atoms with E-state index >= 15 is 0 Å². The minimum Gasteiger partial charge on any atom is -0.364 e. The molecule has 2 heteroatoms. The molecule has 0 radical (unpaired) electrons. The predicted molar refractivity (Wildman–Crippen MR) is 86.2 cm³/mol. The third-order valence-corrected chi connectivity index (χ3v) is 4.45. The van der Waals surface area contributed by atoms with Crippen LogP contribution in [0, 0.1) is 5.92 Å². The summed E-state index contributed by atoms with van der Waals surface area (Å²) in [6.45, 7) is 2.20. The summed E-state index contributed by atoms with van der Waals surface area (Å²) < 4.78 is 0. The SMILES string of the molecule is CNCCCN1c2ccccc2CCC2C=CC=CC21. The van der Waals surface area contributed by atoms with Gasteiger partial charge in [0.05, 0.1) is 6.04 Å². The van der Waals surface area contributed by atoms with Crippen LogP contribution in [0.1, 0.15) is 18.4 Å². The van der Waals surface area contributed by atoms with Crippen molar-refractivity contribution in [1.29, 1.82) is 0 Å². The second-order valence-corrected chi connectivity index (χ2v) is 5.74. The largest absolute Gasteiger partial charge is 0.364 e. The molecule has 0 spiro atoms. The lowest BCUT2D eigenvalue weighted by Gasteiger charge is -2.36. The van der Waals surface area contributed by atoms with E-state index in [9.17, 15) is 0 Å². The van der Waals surface area contributed by atoms with Gasteiger partial charge in [0.1, 0.15) is 0 Å². The molecule has 2 aliphatic rings. The first kappa shape index (κ1) is 13.4. The molecule has 1 N–H and O–H groups in total. The first-order chi connectivity index (χ1) is 9.90. The third-order valence-electron chi connectivity index (χ3n) is 4.45. The number of para-hydroxylation sites is 1. The smallest absolute Gasteiger partial charge is 0.0539 e. The van der Waals surface area contributed by atoms with Gasteiger partial charge in [0.2, 0.25) is 0 Å². The molecule has 1 aromatic carbocycles. The van der Waals surface area contributed by atoms with Crippen molar-refractivity contribution in [1.82, 2.24) is 5.32 Å². The normalized spacial score (nSPS) is 24.1. The van der Waals surface area contributed by atoms with Gasteiger partial charge in [-0.1, -0.05) is 42.5 Å². The highest BCUT2D eigenvalue weighted by Gasteiger charge is 2.29. The average molecular weight is 268 g/mol. The fourth-order valence-electron chi connectivity index (χ4n) is 3.42. The van der Waals surface area contributed by atoms with Gasteiger partial charge in [-0.25, -0.2) is 0 Å². The van der Waals surface area contributed by atoms with Crippen molar-refractivity contribution in [2.24, 2.45) is 5.92 Å². The number of aryl methyl sites for hydroxylation is 1. The summed E-state index contributed by atoms with van der Waals surface area (Å²) in [7, 11) is 2.03. The molecule has 1 heterocycles. The molecular formula is C18H24N2. The number of rotatable bonds is 4. The fraction of sp³-hybridized carbons (Fsp3) is 0.444. The van der Waals surface area contributed by atoms with E-state index in [2.05, 4.69) is 58.8 Å². The zero-order chi connectivity index (χ0) is 13.8. The van der Waals surface area contributed by atoms with Crippen LogP contribution < -0.4 is 10.2 Å². The highest BCUT2D eigenvalue weighted by Crippen LogP contribution is 2.34. The van der Waals surface area contributed by atoms with E-state index in [1.165, 1.54) is 30.5 Å². The van der Waals surface area contributed by atoms with E-state index in [1.54, 1.807) is 0 Å². The zero-order valence-corrected chi connectivity index (χ0v) is 12.3. The van der Waals surface area contributed by atoms with Crippen LogP contribution in [-0.4, -0.2) is 26.2 Å². The quantitative estimate of drug-likeness (QED) is 0.844. The lowest BCUT2D eigenvalue weighted by molar-refractivity contribution is 0.501. The molecule has 20 heavy (non-hydrogen) atoms. The number of anilines is 1. The molecule has 1 aliphatic heterocycles. The molecule has 0 bridgehead atoms. The molecule has 2 nitrogen and oxygen atoms in total. The third kappa shape index (κ3) is 2.66. The molecule has 2 unspecified atom stereocenters. The van der Waals surface area contributed by atoms with Crippen LogP contribution in [0.5, 0.6) is 0 Å². The number of allylic oxidation sites excluding steroid dienone is 2. The number of fused-ring (bicyclic) bond motifs is 2.